The van der Waals surface area contributed by atoms with Gasteiger partial charge >= 0.3 is 5.97 Å². The summed E-state index contributed by atoms with van der Waals surface area (Å²) in [6.45, 7) is 0.739. The van der Waals surface area contributed by atoms with Gasteiger partial charge in [0.25, 0.3) is 0 Å². The monoisotopic (exact) mass is 290 g/mol. The van der Waals surface area contributed by atoms with Crippen molar-refractivity contribution in [2.75, 3.05) is 18.5 Å². The van der Waals surface area contributed by atoms with E-state index < -0.39 is 5.97 Å². The topological polar surface area (TPSA) is 82.5 Å². The Hall–Kier alpha value is -1.62. The van der Waals surface area contributed by atoms with E-state index in [0.717, 1.165) is 56.2 Å². The van der Waals surface area contributed by atoms with Crippen LogP contribution in [-0.2, 0) is 12.8 Å². The van der Waals surface area contributed by atoms with Gasteiger partial charge in [-0.25, -0.2) is 9.78 Å². The highest BCUT2D eigenvalue weighted by Crippen LogP contribution is 2.38. The van der Waals surface area contributed by atoms with E-state index in [9.17, 15) is 15.0 Å². The normalized spacial score (nSPS) is 19.5. The zero-order valence-corrected chi connectivity index (χ0v) is 12.2. The van der Waals surface area contributed by atoms with Gasteiger partial charge in [0.1, 0.15) is 11.4 Å². The van der Waals surface area contributed by atoms with Gasteiger partial charge in [0.15, 0.2) is 0 Å². The lowest BCUT2D eigenvalue weighted by Crippen LogP contribution is -2.31. The fraction of sp³-hybridized carbons (Fsp3) is 0.625. The Balaban J connectivity index is 1.82. The minimum absolute atomic E-state index is 0.115. The molecule has 5 heteroatoms. The molecule has 0 spiro atoms. The summed E-state index contributed by atoms with van der Waals surface area (Å²) in [5, 5.41) is 22.2. The van der Waals surface area contributed by atoms with Gasteiger partial charge in [0.2, 0.25) is 0 Å². The number of aliphatic hydroxyl groups is 1. The lowest BCUT2D eigenvalue weighted by molar-refractivity contribution is 0.0697. The number of hydrogen-bond acceptors (Lipinski definition) is 4. The maximum atomic E-state index is 11.4. The van der Waals surface area contributed by atoms with Gasteiger partial charge in [-0.05, 0) is 43.7 Å². The summed E-state index contributed by atoms with van der Waals surface area (Å²) in [6, 6.07) is 1.76. The molecule has 0 bridgehead atoms. The predicted octanol–water partition coefficient (Wildman–Crippen LogP) is 2.23. The standard InChI is InChI=1S/C16H22N2O3/c19-10-16(6-1-2-7-16)9-17-14-12(15(20)21)8-11-4-3-5-13(11)18-14/h8,19H,1-7,9-10H2,(H,17,18)(H,20,21). The predicted molar refractivity (Wildman–Crippen MR) is 79.7 cm³/mol. The average molecular weight is 290 g/mol. The highest BCUT2D eigenvalue weighted by Gasteiger charge is 2.33. The van der Waals surface area contributed by atoms with Crippen molar-refractivity contribution in [3.63, 3.8) is 0 Å². The van der Waals surface area contributed by atoms with Crippen LogP contribution in [0.2, 0.25) is 0 Å². The molecular formula is C16H22N2O3. The molecule has 1 fully saturated rings. The number of aliphatic hydroxyl groups excluding tert-OH is 1. The number of fused-ring (bicyclic) bond motifs is 1. The molecule has 2 aliphatic rings. The number of rotatable bonds is 5. The third-order valence-electron chi connectivity index (χ3n) is 4.91. The average Bonchev–Trinajstić information content (AvgIpc) is 3.13. The van der Waals surface area contributed by atoms with Crippen LogP contribution in [0.4, 0.5) is 5.82 Å². The van der Waals surface area contributed by atoms with Crippen LogP contribution >= 0.6 is 0 Å². The summed E-state index contributed by atoms with van der Waals surface area (Å²) in [7, 11) is 0. The van der Waals surface area contributed by atoms with E-state index in [1.165, 1.54) is 0 Å². The Morgan fingerprint density at radius 1 is 1.29 bits per heavy atom. The molecule has 1 aromatic heterocycles. The molecule has 5 nitrogen and oxygen atoms in total. The zero-order chi connectivity index (χ0) is 14.9. The van der Waals surface area contributed by atoms with Crippen molar-refractivity contribution in [2.24, 2.45) is 5.41 Å². The van der Waals surface area contributed by atoms with Crippen molar-refractivity contribution >= 4 is 11.8 Å². The quantitative estimate of drug-likeness (QED) is 0.774. The first-order valence-corrected chi connectivity index (χ1v) is 7.74. The Bertz CT molecular complexity index is 551. The van der Waals surface area contributed by atoms with Crippen molar-refractivity contribution in [1.82, 2.24) is 4.98 Å². The molecule has 1 aromatic rings. The smallest absolute Gasteiger partial charge is 0.339 e. The number of aryl methyl sites for hydroxylation is 2. The van der Waals surface area contributed by atoms with Gasteiger partial charge in [-0.3, -0.25) is 0 Å². The van der Waals surface area contributed by atoms with E-state index in [0.29, 0.717) is 12.4 Å². The first-order chi connectivity index (χ1) is 10.1. The van der Waals surface area contributed by atoms with Crippen LogP contribution in [0.5, 0.6) is 0 Å². The molecule has 0 unspecified atom stereocenters. The van der Waals surface area contributed by atoms with Crippen molar-refractivity contribution in [2.45, 2.75) is 44.9 Å². The third kappa shape index (κ3) is 2.75. The van der Waals surface area contributed by atoms with E-state index in [-0.39, 0.29) is 17.6 Å². The molecule has 21 heavy (non-hydrogen) atoms. The van der Waals surface area contributed by atoms with Crippen molar-refractivity contribution in [1.29, 1.82) is 0 Å². The molecule has 0 atom stereocenters. The number of pyridine rings is 1. The van der Waals surface area contributed by atoms with E-state index in [1.54, 1.807) is 6.07 Å². The summed E-state index contributed by atoms with van der Waals surface area (Å²) >= 11 is 0. The highest BCUT2D eigenvalue weighted by molar-refractivity contribution is 5.93. The summed E-state index contributed by atoms with van der Waals surface area (Å²) < 4.78 is 0. The van der Waals surface area contributed by atoms with Gasteiger partial charge in [-0.2, -0.15) is 0 Å². The van der Waals surface area contributed by atoms with Gasteiger partial charge in [-0.15, -0.1) is 0 Å². The SMILES string of the molecule is O=C(O)c1cc2c(nc1NCC1(CO)CCCC1)CCC2. The van der Waals surface area contributed by atoms with Gasteiger partial charge < -0.3 is 15.5 Å². The lowest BCUT2D eigenvalue weighted by Gasteiger charge is -2.27. The number of carbonyl (C=O) groups is 1. The summed E-state index contributed by atoms with van der Waals surface area (Å²) in [5.74, 6) is -0.480. The molecule has 3 N–H and O–H groups in total. The minimum atomic E-state index is -0.941. The molecule has 0 aliphatic heterocycles. The minimum Gasteiger partial charge on any atom is -0.478 e. The van der Waals surface area contributed by atoms with E-state index >= 15 is 0 Å². The Kier molecular flexibility index (Phi) is 3.85. The maximum absolute atomic E-state index is 11.4. The Morgan fingerprint density at radius 2 is 2.05 bits per heavy atom. The van der Waals surface area contributed by atoms with Gasteiger partial charge in [0.05, 0.1) is 6.61 Å². The number of anilines is 1. The number of aromatic nitrogens is 1. The lowest BCUT2D eigenvalue weighted by atomic mass is 9.87. The maximum Gasteiger partial charge on any atom is 0.339 e. The van der Waals surface area contributed by atoms with Crippen LogP contribution in [0.1, 0.15) is 53.7 Å². The molecule has 0 saturated heterocycles. The number of carboxylic acids is 1. The third-order valence-corrected chi connectivity index (χ3v) is 4.91. The Labute approximate surface area is 124 Å². The fourth-order valence-electron chi connectivity index (χ4n) is 3.56. The van der Waals surface area contributed by atoms with E-state index in [1.807, 2.05) is 0 Å². The number of hydrogen-bond donors (Lipinski definition) is 3. The number of nitrogens with zero attached hydrogens (tertiary/aromatic N) is 1. The second kappa shape index (κ2) is 5.64. The Morgan fingerprint density at radius 3 is 2.71 bits per heavy atom. The van der Waals surface area contributed by atoms with E-state index in [2.05, 4.69) is 10.3 Å². The molecule has 3 rings (SSSR count). The first-order valence-electron chi connectivity index (χ1n) is 7.74. The summed E-state index contributed by atoms with van der Waals surface area (Å²) in [4.78, 5) is 16.0. The molecule has 1 saturated carbocycles. The zero-order valence-electron chi connectivity index (χ0n) is 12.2. The van der Waals surface area contributed by atoms with Crippen molar-refractivity contribution in [3.8, 4) is 0 Å². The highest BCUT2D eigenvalue weighted by atomic mass is 16.4. The van der Waals surface area contributed by atoms with Crippen molar-refractivity contribution < 1.29 is 15.0 Å². The molecule has 114 valence electrons. The van der Waals surface area contributed by atoms with Crippen LogP contribution in [0.3, 0.4) is 0 Å². The van der Waals surface area contributed by atoms with Crippen LogP contribution in [-0.4, -0.2) is 34.3 Å². The molecule has 0 radical (unpaired) electrons. The number of aromatic carboxylic acids is 1. The first kappa shape index (κ1) is 14.3. The fourth-order valence-corrected chi connectivity index (χ4v) is 3.56. The molecule has 0 amide bonds. The van der Waals surface area contributed by atoms with Gasteiger partial charge in [-0.1, -0.05) is 12.8 Å². The van der Waals surface area contributed by atoms with Crippen molar-refractivity contribution in [3.05, 3.63) is 22.9 Å². The molecular weight excluding hydrogens is 268 g/mol. The summed E-state index contributed by atoms with van der Waals surface area (Å²) in [6.07, 6.45) is 7.13. The molecule has 0 aromatic carbocycles. The van der Waals surface area contributed by atoms with Crippen LogP contribution in [0.15, 0.2) is 6.07 Å². The van der Waals surface area contributed by atoms with Crippen LogP contribution in [0, 0.1) is 5.41 Å². The largest absolute Gasteiger partial charge is 0.478 e. The number of carboxylic acid groups (broad SMARTS) is 1. The van der Waals surface area contributed by atoms with Gasteiger partial charge in [0, 0.05) is 17.7 Å². The summed E-state index contributed by atoms with van der Waals surface area (Å²) in [5.41, 5.74) is 2.22. The molecule has 1 heterocycles. The van der Waals surface area contributed by atoms with Crippen LogP contribution < -0.4 is 5.32 Å². The van der Waals surface area contributed by atoms with Crippen LogP contribution in [0.25, 0.3) is 0 Å². The number of nitrogens with one attached hydrogen (secondary N) is 1. The van der Waals surface area contributed by atoms with E-state index in [4.69, 9.17) is 0 Å². The second-order valence-electron chi connectivity index (χ2n) is 6.37. The molecule has 2 aliphatic carbocycles. The second-order valence-corrected chi connectivity index (χ2v) is 6.37.